The predicted molar refractivity (Wildman–Crippen MR) is 74.9 cm³/mol. The average Bonchev–Trinajstić information content (AvgIpc) is 2.45. The van der Waals surface area contributed by atoms with Gasteiger partial charge in [-0.15, -0.1) is 0 Å². The number of aliphatic carboxylic acids is 1. The highest BCUT2D eigenvalue weighted by Gasteiger charge is 2.27. The first-order valence-electron chi connectivity index (χ1n) is 6.78. The molecule has 5 heteroatoms. The lowest BCUT2D eigenvalue weighted by molar-refractivity contribution is -0.160. The summed E-state index contributed by atoms with van der Waals surface area (Å²) in [6, 6.07) is 9.19. The molecule has 0 heterocycles. The molecule has 0 bridgehead atoms. The van der Waals surface area contributed by atoms with Crippen LogP contribution in [0.2, 0.25) is 0 Å². The molecule has 20 heavy (non-hydrogen) atoms. The molecule has 0 saturated heterocycles. The number of carbonyl (C=O) groups is 2. The fraction of sp³-hybridized carbons (Fsp3) is 0.467. The van der Waals surface area contributed by atoms with Gasteiger partial charge in [-0.2, -0.15) is 0 Å². The Hall–Kier alpha value is -1.88. The van der Waals surface area contributed by atoms with Gasteiger partial charge < -0.3 is 15.6 Å². The number of benzene rings is 1. The second-order valence-corrected chi connectivity index (χ2v) is 4.62. The standard InChI is InChI=1S/C15H21NO4/c16-10-6-2-5-9-13(14(17)18)15(19)20-11-12-7-3-1-4-8-12/h1,3-4,7-8,13H,2,5-6,9-11,16H2,(H,17,18). The summed E-state index contributed by atoms with van der Waals surface area (Å²) >= 11 is 0. The van der Waals surface area contributed by atoms with E-state index in [1.54, 1.807) is 0 Å². The van der Waals surface area contributed by atoms with Crippen LogP contribution in [0.3, 0.4) is 0 Å². The minimum absolute atomic E-state index is 0.103. The summed E-state index contributed by atoms with van der Waals surface area (Å²) in [5.74, 6) is -2.89. The van der Waals surface area contributed by atoms with Crippen molar-refractivity contribution in [2.75, 3.05) is 6.54 Å². The van der Waals surface area contributed by atoms with Crippen molar-refractivity contribution in [2.24, 2.45) is 11.7 Å². The minimum atomic E-state index is -1.13. The van der Waals surface area contributed by atoms with E-state index in [0.717, 1.165) is 18.4 Å². The molecule has 5 nitrogen and oxygen atoms in total. The zero-order valence-corrected chi connectivity index (χ0v) is 11.5. The van der Waals surface area contributed by atoms with Crippen LogP contribution in [0, 0.1) is 5.92 Å². The molecule has 0 radical (unpaired) electrons. The van der Waals surface area contributed by atoms with E-state index in [1.165, 1.54) is 0 Å². The van der Waals surface area contributed by atoms with E-state index in [9.17, 15) is 9.59 Å². The molecule has 0 saturated carbocycles. The quantitative estimate of drug-likeness (QED) is 0.409. The van der Waals surface area contributed by atoms with E-state index in [-0.39, 0.29) is 6.61 Å². The third-order valence-electron chi connectivity index (χ3n) is 3.00. The van der Waals surface area contributed by atoms with Crippen molar-refractivity contribution in [1.29, 1.82) is 0 Å². The van der Waals surface area contributed by atoms with Gasteiger partial charge in [0.15, 0.2) is 5.92 Å². The predicted octanol–water partition coefficient (Wildman–Crippen LogP) is 1.95. The Labute approximate surface area is 118 Å². The highest BCUT2D eigenvalue weighted by molar-refractivity contribution is 5.93. The fourth-order valence-corrected chi connectivity index (χ4v) is 1.84. The van der Waals surface area contributed by atoms with E-state index in [1.807, 2.05) is 30.3 Å². The van der Waals surface area contributed by atoms with Crippen LogP contribution >= 0.6 is 0 Å². The molecule has 1 aromatic carbocycles. The number of rotatable bonds is 9. The summed E-state index contributed by atoms with van der Waals surface area (Å²) in [4.78, 5) is 22.9. The van der Waals surface area contributed by atoms with Crippen molar-refractivity contribution in [3.63, 3.8) is 0 Å². The van der Waals surface area contributed by atoms with Gasteiger partial charge in [-0.05, 0) is 24.9 Å². The number of carboxylic acid groups (broad SMARTS) is 1. The first kappa shape index (κ1) is 16.2. The molecule has 0 aliphatic rings. The largest absolute Gasteiger partial charge is 0.481 e. The van der Waals surface area contributed by atoms with Gasteiger partial charge in [-0.1, -0.05) is 43.2 Å². The van der Waals surface area contributed by atoms with Gasteiger partial charge in [0.25, 0.3) is 0 Å². The smallest absolute Gasteiger partial charge is 0.320 e. The number of hydrogen-bond donors (Lipinski definition) is 2. The third-order valence-corrected chi connectivity index (χ3v) is 3.00. The molecule has 1 unspecified atom stereocenters. The zero-order chi connectivity index (χ0) is 14.8. The van der Waals surface area contributed by atoms with Crippen LogP contribution in [0.1, 0.15) is 31.2 Å². The maximum Gasteiger partial charge on any atom is 0.320 e. The molecule has 0 aliphatic heterocycles. The monoisotopic (exact) mass is 279 g/mol. The Kier molecular flexibility index (Phi) is 7.35. The summed E-state index contributed by atoms with van der Waals surface area (Å²) in [6.07, 6.45) is 2.62. The third kappa shape index (κ3) is 5.84. The first-order chi connectivity index (χ1) is 9.65. The number of hydrogen-bond acceptors (Lipinski definition) is 4. The number of ether oxygens (including phenoxy) is 1. The fourth-order valence-electron chi connectivity index (χ4n) is 1.84. The molecule has 1 aromatic rings. The number of carboxylic acids is 1. The molecular weight excluding hydrogens is 258 g/mol. The lowest BCUT2D eigenvalue weighted by Gasteiger charge is -2.12. The molecule has 1 rings (SSSR count). The Morgan fingerprint density at radius 1 is 1.15 bits per heavy atom. The van der Waals surface area contributed by atoms with E-state index < -0.39 is 17.9 Å². The second kappa shape index (κ2) is 9.09. The number of nitrogens with two attached hydrogens (primary N) is 1. The Balaban J connectivity index is 2.41. The van der Waals surface area contributed by atoms with E-state index in [0.29, 0.717) is 19.4 Å². The first-order valence-corrected chi connectivity index (χ1v) is 6.78. The Bertz CT molecular complexity index is 419. The maximum absolute atomic E-state index is 11.8. The number of carbonyl (C=O) groups excluding carboxylic acids is 1. The van der Waals surface area contributed by atoms with Gasteiger partial charge in [0, 0.05) is 0 Å². The molecule has 0 spiro atoms. The van der Waals surface area contributed by atoms with Gasteiger partial charge in [-0.3, -0.25) is 9.59 Å². The van der Waals surface area contributed by atoms with Crippen LogP contribution in [0.25, 0.3) is 0 Å². The Morgan fingerprint density at radius 2 is 1.85 bits per heavy atom. The molecule has 1 atom stereocenters. The van der Waals surface area contributed by atoms with Gasteiger partial charge in [-0.25, -0.2) is 0 Å². The second-order valence-electron chi connectivity index (χ2n) is 4.62. The molecule has 3 N–H and O–H groups in total. The highest BCUT2D eigenvalue weighted by atomic mass is 16.5. The van der Waals surface area contributed by atoms with Crippen molar-refractivity contribution >= 4 is 11.9 Å². The van der Waals surface area contributed by atoms with Crippen molar-refractivity contribution in [2.45, 2.75) is 32.3 Å². The summed E-state index contributed by atoms with van der Waals surface area (Å²) in [5, 5.41) is 9.07. The summed E-state index contributed by atoms with van der Waals surface area (Å²) < 4.78 is 5.06. The van der Waals surface area contributed by atoms with Crippen LogP contribution < -0.4 is 5.73 Å². The van der Waals surface area contributed by atoms with Crippen LogP contribution in [0.5, 0.6) is 0 Å². The van der Waals surface area contributed by atoms with Gasteiger partial charge >= 0.3 is 11.9 Å². The lowest BCUT2D eigenvalue weighted by Crippen LogP contribution is -2.25. The van der Waals surface area contributed by atoms with Crippen molar-refractivity contribution in [3.8, 4) is 0 Å². The van der Waals surface area contributed by atoms with Crippen LogP contribution in [0.15, 0.2) is 30.3 Å². The molecule has 0 aromatic heterocycles. The van der Waals surface area contributed by atoms with Gasteiger partial charge in [0.1, 0.15) is 6.61 Å². The molecule has 0 fully saturated rings. The number of esters is 1. The van der Waals surface area contributed by atoms with Crippen LogP contribution in [0.4, 0.5) is 0 Å². The Morgan fingerprint density at radius 3 is 2.45 bits per heavy atom. The summed E-state index contributed by atoms with van der Waals surface area (Å²) in [7, 11) is 0. The van der Waals surface area contributed by atoms with E-state index >= 15 is 0 Å². The molecule has 0 aliphatic carbocycles. The average molecular weight is 279 g/mol. The van der Waals surface area contributed by atoms with Crippen LogP contribution in [-0.4, -0.2) is 23.6 Å². The van der Waals surface area contributed by atoms with E-state index in [2.05, 4.69) is 0 Å². The molecular formula is C15H21NO4. The van der Waals surface area contributed by atoms with Gasteiger partial charge in [0.2, 0.25) is 0 Å². The maximum atomic E-state index is 11.8. The minimum Gasteiger partial charge on any atom is -0.481 e. The highest BCUT2D eigenvalue weighted by Crippen LogP contribution is 2.13. The van der Waals surface area contributed by atoms with Crippen molar-refractivity contribution in [3.05, 3.63) is 35.9 Å². The van der Waals surface area contributed by atoms with E-state index in [4.69, 9.17) is 15.6 Å². The summed E-state index contributed by atoms with van der Waals surface area (Å²) in [6.45, 7) is 0.683. The lowest BCUT2D eigenvalue weighted by atomic mass is 10.0. The number of unbranched alkanes of at least 4 members (excludes halogenated alkanes) is 2. The van der Waals surface area contributed by atoms with Crippen LogP contribution in [-0.2, 0) is 20.9 Å². The zero-order valence-electron chi connectivity index (χ0n) is 11.5. The van der Waals surface area contributed by atoms with Crippen molar-refractivity contribution in [1.82, 2.24) is 0 Å². The molecule has 0 amide bonds. The van der Waals surface area contributed by atoms with Crippen molar-refractivity contribution < 1.29 is 19.4 Å². The molecule has 110 valence electrons. The normalized spacial score (nSPS) is 11.8. The van der Waals surface area contributed by atoms with Gasteiger partial charge in [0.05, 0.1) is 0 Å². The summed E-state index contributed by atoms with van der Waals surface area (Å²) in [5.41, 5.74) is 6.21. The SMILES string of the molecule is NCCCCCC(C(=O)O)C(=O)OCc1ccccc1. The topological polar surface area (TPSA) is 89.6 Å².